The fourth-order valence-corrected chi connectivity index (χ4v) is 2.83. The lowest BCUT2D eigenvalue weighted by Gasteiger charge is -2.35. The Morgan fingerprint density at radius 3 is 2.72 bits per heavy atom. The number of aromatic nitrogens is 3. The van der Waals surface area contributed by atoms with Crippen molar-refractivity contribution in [2.24, 2.45) is 0 Å². The van der Waals surface area contributed by atoms with Gasteiger partial charge in [0.05, 0.1) is 6.61 Å². The van der Waals surface area contributed by atoms with Crippen molar-refractivity contribution in [3.63, 3.8) is 0 Å². The zero-order valence-corrected chi connectivity index (χ0v) is 11.0. The standard InChI is InChI=1S/C12H21N5O/c1-8-5-17(6-9(2)13-8)12-14-11(15-16-12)10-3-4-18-7-10/h8-10,13H,3-7H2,1-2H3,(H,14,15,16). The van der Waals surface area contributed by atoms with E-state index in [1.165, 1.54) is 0 Å². The molecule has 0 aliphatic carbocycles. The first-order valence-corrected chi connectivity index (χ1v) is 6.73. The molecule has 6 heteroatoms. The van der Waals surface area contributed by atoms with E-state index in [0.29, 0.717) is 18.0 Å². The van der Waals surface area contributed by atoms with Gasteiger partial charge in [-0.05, 0) is 20.3 Å². The molecule has 0 saturated carbocycles. The monoisotopic (exact) mass is 251 g/mol. The number of anilines is 1. The summed E-state index contributed by atoms with van der Waals surface area (Å²) in [6.07, 6.45) is 1.04. The molecule has 2 aliphatic heterocycles. The molecule has 0 aromatic carbocycles. The van der Waals surface area contributed by atoms with Crippen LogP contribution in [0.1, 0.15) is 32.0 Å². The summed E-state index contributed by atoms with van der Waals surface area (Å²) in [6, 6.07) is 0.955. The van der Waals surface area contributed by atoms with Gasteiger partial charge in [0.15, 0.2) is 0 Å². The SMILES string of the molecule is CC1CN(c2n[nH]c(C3CCOC3)n2)CC(C)N1. The Bertz CT molecular complexity index is 391. The number of aromatic amines is 1. The summed E-state index contributed by atoms with van der Waals surface area (Å²) in [5.74, 6) is 2.20. The minimum absolute atomic E-state index is 0.393. The molecule has 3 atom stereocenters. The van der Waals surface area contributed by atoms with Crippen molar-refractivity contribution in [1.82, 2.24) is 20.5 Å². The van der Waals surface area contributed by atoms with Gasteiger partial charge >= 0.3 is 0 Å². The molecule has 3 rings (SSSR count). The van der Waals surface area contributed by atoms with Crippen LogP contribution in [0.2, 0.25) is 0 Å². The van der Waals surface area contributed by atoms with Gasteiger partial charge in [0.25, 0.3) is 0 Å². The molecular formula is C12H21N5O. The summed E-state index contributed by atoms with van der Waals surface area (Å²) in [5.41, 5.74) is 0. The molecule has 3 unspecified atom stereocenters. The topological polar surface area (TPSA) is 66.1 Å². The van der Waals surface area contributed by atoms with Crippen molar-refractivity contribution in [2.75, 3.05) is 31.2 Å². The number of piperazine rings is 1. The van der Waals surface area contributed by atoms with Crippen LogP contribution in [0.15, 0.2) is 0 Å². The number of H-pyrrole nitrogens is 1. The summed E-state index contributed by atoms with van der Waals surface area (Å²) in [6.45, 7) is 7.92. The highest BCUT2D eigenvalue weighted by molar-refractivity contribution is 5.31. The van der Waals surface area contributed by atoms with Gasteiger partial charge in [0, 0.05) is 37.7 Å². The number of ether oxygens (including phenoxy) is 1. The van der Waals surface area contributed by atoms with E-state index in [-0.39, 0.29) is 0 Å². The predicted molar refractivity (Wildman–Crippen MR) is 68.8 cm³/mol. The third kappa shape index (κ3) is 2.35. The summed E-state index contributed by atoms with van der Waals surface area (Å²) in [5, 5.41) is 10.9. The number of hydrogen-bond acceptors (Lipinski definition) is 5. The molecule has 1 aromatic heterocycles. The molecule has 0 amide bonds. The summed E-state index contributed by atoms with van der Waals surface area (Å²) < 4.78 is 5.39. The molecule has 0 radical (unpaired) electrons. The Morgan fingerprint density at radius 1 is 1.28 bits per heavy atom. The highest BCUT2D eigenvalue weighted by Crippen LogP contribution is 2.23. The number of nitrogens with one attached hydrogen (secondary N) is 2. The minimum atomic E-state index is 0.393. The van der Waals surface area contributed by atoms with E-state index < -0.39 is 0 Å². The molecule has 6 nitrogen and oxygen atoms in total. The Balaban J connectivity index is 1.72. The van der Waals surface area contributed by atoms with E-state index in [4.69, 9.17) is 4.74 Å². The van der Waals surface area contributed by atoms with Crippen molar-refractivity contribution in [3.8, 4) is 0 Å². The Labute approximate surface area is 107 Å². The maximum absolute atomic E-state index is 5.39. The maximum Gasteiger partial charge on any atom is 0.244 e. The Kier molecular flexibility index (Phi) is 3.22. The quantitative estimate of drug-likeness (QED) is 0.801. The maximum atomic E-state index is 5.39. The van der Waals surface area contributed by atoms with Crippen LogP contribution in [-0.4, -0.2) is 53.6 Å². The zero-order chi connectivity index (χ0) is 12.5. The van der Waals surface area contributed by atoms with Gasteiger partial charge in [-0.15, -0.1) is 5.10 Å². The lowest BCUT2D eigenvalue weighted by atomic mass is 10.1. The normalized spacial score (nSPS) is 33.0. The van der Waals surface area contributed by atoms with E-state index >= 15 is 0 Å². The van der Waals surface area contributed by atoms with E-state index in [9.17, 15) is 0 Å². The lowest BCUT2D eigenvalue weighted by Crippen LogP contribution is -2.54. The molecule has 0 bridgehead atoms. The smallest absolute Gasteiger partial charge is 0.244 e. The first-order chi connectivity index (χ1) is 8.72. The van der Waals surface area contributed by atoms with Crippen LogP contribution in [0.4, 0.5) is 5.95 Å². The van der Waals surface area contributed by atoms with E-state index in [0.717, 1.165) is 44.5 Å². The van der Waals surface area contributed by atoms with Gasteiger partial charge in [-0.1, -0.05) is 0 Å². The molecule has 2 N–H and O–H groups in total. The van der Waals surface area contributed by atoms with Crippen molar-refractivity contribution >= 4 is 5.95 Å². The van der Waals surface area contributed by atoms with Gasteiger partial charge in [-0.2, -0.15) is 4.98 Å². The number of hydrogen-bond donors (Lipinski definition) is 2. The van der Waals surface area contributed by atoms with Crippen LogP contribution >= 0.6 is 0 Å². The van der Waals surface area contributed by atoms with Crippen molar-refractivity contribution in [2.45, 2.75) is 38.3 Å². The highest BCUT2D eigenvalue weighted by atomic mass is 16.5. The number of rotatable bonds is 2. The first kappa shape index (κ1) is 11.9. The van der Waals surface area contributed by atoms with Gasteiger partial charge in [0.2, 0.25) is 5.95 Å². The summed E-state index contributed by atoms with van der Waals surface area (Å²) >= 11 is 0. The fraction of sp³-hybridized carbons (Fsp3) is 0.833. The van der Waals surface area contributed by atoms with Crippen molar-refractivity contribution in [1.29, 1.82) is 0 Å². The van der Waals surface area contributed by atoms with Crippen LogP contribution in [0.25, 0.3) is 0 Å². The van der Waals surface area contributed by atoms with Crippen LogP contribution in [0.3, 0.4) is 0 Å². The predicted octanol–water partition coefficient (Wildman–Crippen LogP) is 0.495. The van der Waals surface area contributed by atoms with Gasteiger partial charge in [-0.3, -0.25) is 5.10 Å². The second-order valence-corrected chi connectivity index (χ2v) is 5.45. The largest absolute Gasteiger partial charge is 0.381 e. The van der Waals surface area contributed by atoms with Crippen LogP contribution in [0, 0.1) is 0 Å². The molecular weight excluding hydrogens is 230 g/mol. The third-order valence-corrected chi connectivity index (χ3v) is 3.65. The van der Waals surface area contributed by atoms with Crippen LogP contribution < -0.4 is 10.2 Å². The zero-order valence-electron chi connectivity index (χ0n) is 11.0. The van der Waals surface area contributed by atoms with Gasteiger partial charge in [-0.25, -0.2) is 0 Å². The lowest BCUT2D eigenvalue weighted by molar-refractivity contribution is 0.193. The number of nitrogens with zero attached hydrogens (tertiary/aromatic N) is 3. The van der Waals surface area contributed by atoms with Crippen LogP contribution in [0.5, 0.6) is 0 Å². The second kappa shape index (κ2) is 4.85. The first-order valence-electron chi connectivity index (χ1n) is 6.73. The van der Waals surface area contributed by atoms with Crippen molar-refractivity contribution < 1.29 is 4.74 Å². The van der Waals surface area contributed by atoms with E-state index in [1.54, 1.807) is 0 Å². The Morgan fingerprint density at radius 2 is 2.06 bits per heavy atom. The van der Waals surface area contributed by atoms with E-state index in [2.05, 4.69) is 39.2 Å². The highest BCUT2D eigenvalue weighted by Gasteiger charge is 2.26. The third-order valence-electron chi connectivity index (χ3n) is 3.65. The average Bonchev–Trinajstić information content (AvgIpc) is 2.99. The molecule has 18 heavy (non-hydrogen) atoms. The second-order valence-electron chi connectivity index (χ2n) is 5.45. The molecule has 0 spiro atoms. The van der Waals surface area contributed by atoms with Gasteiger partial charge < -0.3 is 15.0 Å². The summed E-state index contributed by atoms with van der Waals surface area (Å²) in [4.78, 5) is 6.89. The average molecular weight is 251 g/mol. The molecule has 3 heterocycles. The van der Waals surface area contributed by atoms with Gasteiger partial charge in [0.1, 0.15) is 5.82 Å². The molecule has 1 aromatic rings. The molecule has 100 valence electrons. The Hall–Kier alpha value is -1.14. The minimum Gasteiger partial charge on any atom is -0.381 e. The molecule has 2 aliphatic rings. The van der Waals surface area contributed by atoms with Crippen LogP contribution in [-0.2, 0) is 4.74 Å². The molecule has 2 fully saturated rings. The van der Waals surface area contributed by atoms with Crippen molar-refractivity contribution in [3.05, 3.63) is 5.82 Å². The van der Waals surface area contributed by atoms with E-state index in [1.807, 2.05) is 0 Å². The fourth-order valence-electron chi connectivity index (χ4n) is 2.83. The molecule has 2 saturated heterocycles. The summed E-state index contributed by atoms with van der Waals surface area (Å²) in [7, 11) is 0.